The normalized spacial score (nSPS) is 17.2. The average Bonchev–Trinajstić information content (AvgIpc) is 2.29. The molecule has 0 bridgehead atoms. The zero-order chi connectivity index (χ0) is 11.5. The van der Waals surface area contributed by atoms with Crippen LogP contribution in [0.3, 0.4) is 0 Å². The van der Waals surface area contributed by atoms with Gasteiger partial charge in [-0.25, -0.2) is 14.8 Å². The summed E-state index contributed by atoms with van der Waals surface area (Å²) < 4.78 is 0. The Morgan fingerprint density at radius 3 is 2.62 bits per heavy atom. The molecule has 1 fully saturated rings. The van der Waals surface area contributed by atoms with Gasteiger partial charge in [0, 0.05) is 5.56 Å². The second-order valence-electron chi connectivity index (χ2n) is 4.16. The van der Waals surface area contributed by atoms with Crippen molar-refractivity contribution in [3.05, 3.63) is 17.6 Å². The summed E-state index contributed by atoms with van der Waals surface area (Å²) in [5, 5.41) is 9.07. The van der Waals surface area contributed by atoms with Crippen molar-refractivity contribution < 1.29 is 9.90 Å². The number of nitrogens with zero attached hydrogens (tertiary/aromatic N) is 2. The van der Waals surface area contributed by atoms with Crippen LogP contribution >= 0.6 is 0 Å². The number of nitrogens with two attached hydrogens (primary N) is 1. The van der Waals surface area contributed by atoms with Gasteiger partial charge >= 0.3 is 5.97 Å². The minimum absolute atomic E-state index is 0.0689. The van der Waals surface area contributed by atoms with E-state index in [1.54, 1.807) is 0 Å². The number of aromatic nitrogens is 2. The highest BCUT2D eigenvalue weighted by Crippen LogP contribution is 2.36. The van der Waals surface area contributed by atoms with Gasteiger partial charge in [-0.3, -0.25) is 0 Å². The lowest BCUT2D eigenvalue weighted by Crippen LogP contribution is -2.15. The van der Waals surface area contributed by atoms with E-state index < -0.39 is 5.97 Å². The molecule has 1 aromatic rings. The van der Waals surface area contributed by atoms with Crippen LogP contribution in [0, 0.1) is 0 Å². The zero-order valence-corrected chi connectivity index (χ0v) is 9.02. The maximum absolute atomic E-state index is 11.1. The van der Waals surface area contributed by atoms with Crippen LogP contribution in [0.25, 0.3) is 0 Å². The van der Waals surface area contributed by atoms with Crippen LogP contribution < -0.4 is 5.73 Å². The molecule has 1 heterocycles. The summed E-state index contributed by atoms with van der Waals surface area (Å²) in [4.78, 5) is 18.8. The van der Waals surface area contributed by atoms with Crippen molar-refractivity contribution in [1.29, 1.82) is 0 Å². The highest BCUT2D eigenvalue weighted by atomic mass is 16.4. The summed E-state index contributed by atoms with van der Waals surface area (Å²) in [5.41, 5.74) is 6.48. The first-order valence-corrected chi connectivity index (χ1v) is 5.54. The predicted molar refractivity (Wildman–Crippen MR) is 59.2 cm³/mol. The van der Waals surface area contributed by atoms with Gasteiger partial charge in [0.05, 0.1) is 0 Å². The van der Waals surface area contributed by atoms with Crippen molar-refractivity contribution in [2.24, 2.45) is 0 Å². The second-order valence-corrected chi connectivity index (χ2v) is 4.16. The first-order valence-electron chi connectivity index (χ1n) is 5.54. The van der Waals surface area contributed by atoms with Crippen molar-refractivity contribution in [1.82, 2.24) is 9.97 Å². The number of carboxylic acids is 1. The van der Waals surface area contributed by atoms with E-state index in [4.69, 9.17) is 10.8 Å². The SMILES string of the molecule is Nc1ncnc(C(=O)O)c1C1CCCCC1. The van der Waals surface area contributed by atoms with E-state index in [1.807, 2.05) is 0 Å². The standard InChI is InChI=1S/C11H15N3O2/c12-10-8(7-4-2-1-3-5-7)9(11(15)16)13-6-14-10/h6-7H,1-5H2,(H,15,16)(H2,12,13,14). The third-order valence-corrected chi connectivity index (χ3v) is 3.13. The highest BCUT2D eigenvalue weighted by Gasteiger charge is 2.25. The molecule has 1 aromatic heterocycles. The molecular weight excluding hydrogens is 206 g/mol. The van der Waals surface area contributed by atoms with E-state index in [9.17, 15) is 4.79 Å². The van der Waals surface area contributed by atoms with Gasteiger partial charge in [-0.1, -0.05) is 19.3 Å². The molecule has 1 saturated carbocycles. The number of nitrogen functional groups attached to an aromatic ring is 1. The number of carbonyl (C=O) groups is 1. The summed E-state index contributed by atoms with van der Waals surface area (Å²) in [6, 6.07) is 0. The number of carboxylic acid groups (broad SMARTS) is 1. The minimum Gasteiger partial charge on any atom is -0.476 e. The van der Waals surface area contributed by atoms with Gasteiger partial charge in [-0.15, -0.1) is 0 Å². The predicted octanol–water partition coefficient (Wildman–Crippen LogP) is 1.80. The summed E-state index contributed by atoms with van der Waals surface area (Å²) in [5.74, 6) is -0.491. The van der Waals surface area contributed by atoms with Gasteiger partial charge in [0.25, 0.3) is 0 Å². The molecule has 0 aliphatic heterocycles. The molecule has 2 rings (SSSR count). The Kier molecular flexibility index (Phi) is 3.03. The summed E-state index contributed by atoms with van der Waals surface area (Å²) in [7, 11) is 0. The lowest BCUT2D eigenvalue weighted by Gasteiger charge is -2.23. The average molecular weight is 221 g/mol. The Morgan fingerprint density at radius 1 is 1.31 bits per heavy atom. The van der Waals surface area contributed by atoms with Crippen molar-refractivity contribution >= 4 is 11.8 Å². The van der Waals surface area contributed by atoms with E-state index in [0.29, 0.717) is 11.4 Å². The van der Waals surface area contributed by atoms with Crippen molar-refractivity contribution in [2.45, 2.75) is 38.0 Å². The van der Waals surface area contributed by atoms with Crippen molar-refractivity contribution in [2.75, 3.05) is 5.73 Å². The number of rotatable bonds is 2. The Bertz CT molecular complexity index is 400. The molecule has 0 unspecified atom stereocenters. The van der Waals surface area contributed by atoms with E-state index in [1.165, 1.54) is 12.7 Å². The summed E-state index contributed by atoms with van der Waals surface area (Å²) in [6.07, 6.45) is 6.64. The van der Waals surface area contributed by atoms with Crippen LogP contribution in [0.15, 0.2) is 6.33 Å². The van der Waals surface area contributed by atoms with Crippen LogP contribution in [-0.2, 0) is 0 Å². The number of hydrogen-bond acceptors (Lipinski definition) is 4. The Balaban J connectivity index is 2.40. The zero-order valence-electron chi connectivity index (χ0n) is 9.02. The molecule has 0 saturated heterocycles. The van der Waals surface area contributed by atoms with E-state index in [-0.39, 0.29) is 11.6 Å². The topological polar surface area (TPSA) is 89.1 Å². The van der Waals surface area contributed by atoms with Crippen molar-refractivity contribution in [3.8, 4) is 0 Å². The van der Waals surface area contributed by atoms with Crippen molar-refractivity contribution in [3.63, 3.8) is 0 Å². The van der Waals surface area contributed by atoms with Crippen LogP contribution in [0.5, 0.6) is 0 Å². The number of hydrogen-bond donors (Lipinski definition) is 2. The van der Waals surface area contributed by atoms with Gasteiger partial charge in [0.1, 0.15) is 12.1 Å². The van der Waals surface area contributed by atoms with Crippen LogP contribution in [0.1, 0.15) is 54.1 Å². The van der Waals surface area contributed by atoms with E-state index >= 15 is 0 Å². The minimum atomic E-state index is -1.02. The molecule has 3 N–H and O–H groups in total. The fourth-order valence-electron chi connectivity index (χ4n) is 2.37. The molecule has 5 heteroatoms. The van der Waals surface area contributed by atoms with Gasteiger partial charge in [0.15, 0.2) is 5.69 Å². The van der Waals surface area contributed by atoms with Crippen LogP contribution in [0.2, 0.25) is 0 Å². The van der Waals surface area contributed by atoms with Gasteiger partial charge in [-0.2, -0.15) is 0 Å². The monoisotopic (exact) mass is 221 g/mol. The lowest BCUT2D eigenvalue weighted by atomic mass is 9.83. The highest BCUT2D eigenvalue weighted by molar-refractivity contribution is 5.88. The van der Waals surface area contributed by atoms with Gasteiger partial charge in [-0.05, 0) is 18.8 Å². The Hall–Kier alpha value is -1.65. The van der Waals surface area contributed by atoms with E-state index in [2.05, 4.69) is 9.97 Å². The molecule has 0 atom stereocenters. The third-order valence-electron chi connectivity index (χ3n) is 3.13. The first kappa shape index (κ1) is 10.9. The Labute approximate surface area is 93.7 Å². The molecule has 1 aliphatic carbocycles. The molecule has 16 heavy (non-hydrogen) atoms. The fraction of sp³-hybridized carbons (Fsp3) is 0.545. The van der Waals surface area contributed by atoms with Gasteiger partial charge < -0.3 is 10.8 Å². The maximum Gasteiger partial charge on any atom is 0.354 e. The quantitative estimate of drug-likeness (QED) is 0.794. The second kappa shape index (κ2) is 4.47. The first-order chi connectivity index (χ1) is 7.70. The molecule has 0 radical (unpaired) electrons. The number of aromatic carboxylic acids is 1. The number of anilines is 1. The lowest BCUT2D eigenvalue weighted by molar-refractivity contribution is 0.0688. The summed E-state index contributed by atoms with van der Waals surface area (Å²) in [6.45, 7) is 0. The molecule has 0 amide bonds. The molecular formula is C11H15N3O2. The third kappa shape index (κ3) is 1.98. The smallest absolute Gasteiger partial charge is 0.354 e. The van der Waals surface area contributed by atoms with Crippen LogP contribution in [0.4, 0.5) is 5.82 Å². The molecule has 0 aromatic carbocycles. The Morgan fingerprint density at radius 2 is 2.00 bits per heavy atom. The largest absolute Gasteiger partial charge is 0.476 e. The van der Waals surface area contributed by atoms with Gasteiger partial charge in [0.2, 0.25) is 0 Å². The maximum atomic E-state index is 11.1. The molecule has 86 valence electrons. The molecule has 1 aliphatic rings. The van der Waals surface area contributed by atoms with E-state index in [0.717, 1.165) is 25.7 Å². The fourth-order valence-corrected chi connectivity index (χ4v) is 2.37. The van der Waals surface area contributed by atoms with Crippen LogP contribution in [-0.4, -0.2) is 21.0 Å². The molecule has 0 spiro atoms. The summed E-state index contributed by atoms with van der Waals surface area (Å²) >= 11 is 0. The molecule has 5 nitrogen and oxygen atoms in total.